The molecule has 0 aromatic heterocycles. The van der Waals surface area contributed by atoms with Crippen LogP contribution < -0.4 is 0 Å². The third-order valence-electron chi connectivity index (χ3n) is 4.05. The molecule has 0 aliphatic heterocycles. The molecule has 3 heteroatoms. The van der Waals surface area contributed by atoms with Crippen LogP contribution in [0.3, 0.4) is 0 Å². The number of hydrogen-bond acceptors (Lipinski definition) is 3. The Balaban J connectivity index is 2.92. The van der Waals surface area contributed by atoms with Crippen LogP contribution in [-0.2, 0) is 9.53 Å². The zero-order chi connectivity index (χ0) is 11.7. The second kappa shape index (κ2) is 4.12. The SMILES string of the molecule is COC(=O)C(C)C1(O)CCCCC1(C)C. The summed E-state index contributed by atoms with van der Waals surface area (Å²) in [6.07, 6.45) is 3.77. The zero-order valence-electron chi connectivity index (χ0n) is 10.2. The molecule has 15 heavy (non-hydrogen) atoms. The predicted molar refractivity (Wildman–Crippen MR) is 58.4 cm³/mol. The van der Waals surface area contributed by atoms with Gasteiger partial charge in [-0.05, 0) is 25.2 Å². The molecule has 1 rings (SSSR count). The fourth-order valence-corrected chi connectivity index (χ4v) is 2.69. The molecule has 3 nitrogen and oxygen atoms in total. The Morgan fingerprint density at radius 2 is 1.87 bits per heavy atom. The van der Waals surface area contributed by atoms with Gasteiger partial charge in [-0.2, -0.15) is 0 Å². The Bertz CT molecular complexity index is 247. The molecule has 2 unspecified atom stereocenters. The molecule has 0 saturated heterocycles. The Labute approximate surface area is 91.8 Å². The Kier molecular flexibility index (Phi) is 3.44. The Morgan fingerprint density at radius 1 is 1.33 bits per heavy atom. The summed E-state index contributed by atoms with van der Waals surface area (Å²) in [5.41, 5.74) is -1.13. The van der Waals surface area contributed by atoms with Crippen molar-refractivity contribution in [3.05, 3.63) is 0 Å². The summed E-state index contributed by atoms with van der Waals surface area (Å²) in [7, 11) is 1.37. The van der Waals surface area contributed by atoms with Crippen LogP contribution >= 0.6 is 0 Å². The summed E-state index contributed by atoms with van der Waals surface area (Å²) in [4.78, 5) is 11.5. The molecule has 1 fully saturated rings. The van der Waals surface area contributed by atoms with Crippen LogP contribution in [-0.4, -0.2) is 23.8 Å². The summed E-state index contributed by atoms with van der Waals surface area (Å²) in [5.74, 6) is -0.759. The average Bonchev–Trinajstić information content (AvgIpc) is 2.20. The molecule has 0 bridgehead atoms. The van der Waals surface area contributed by atoms with E-state index in [0.29, 0.717) is 6.42 Å². The summed E-state index contributed by atoms with van der Waals surface area (Å²) < 4.78 is 4.72. The minimum atomic E-state index is -0.918. The van der Waals surface area contributed by atoms with Gasteiger partial charge >= 0.3 is 5.97 Å². The van der Waals surface area contributed by atoms with E-state index in [4.69, 9.17) is 4.74 Å². The number of hydrogen-bond donors (Lipinski definition) is 1. The van der Waals surface area contributed by atoms with Gasteiger partial charge in [-0.25, -0.2) is 0 Å². The van der Waals surface area contributed by atoms with Crippen LogP contribution in [0.5, 0.6) is 0 Å². The van der Waals surface area contributed by atoms with Crippen molar-refractivity contribution in [2.75, 3.05) is 7.11 Å². The first-order valence-corrected chi connectivity index (χ1v) is 5.65. The van der Waals surface area contributed by atoms with Crippen LogP contribution in [0.4, 0.5) is 0 Å². The lowest BCUT2D eigenvalue weighted by Gasteiger charge is -2.49. The standard InChI is InChI=1S/C12H22O3/c1-9(10(13)15-4)12(14)8-6-5-7-11(12,2)3/h9,14H,5-8H2,1-4H3. The van der Waals surface area contributed by atoms with Crippen molar-refractivity contribution < 1.29 is 14.6 Å². The second-order valence-corrected chi connectivity index (χ2v) is 5.26. The van der Waals surface area contributed by atoms with E-state index in [1.54, 1.807) is 6.92 Å². The molecule has 1 aliphatic rings. The van der Waals surface area contributed by atoms with E-state index in [0.717, 1.165) is 19.3 Å². The van der Waals surface area contributed by atoms with Gasteiger partial charge in [0.25, 0.3) is 0 Å². The van der Waals surface area contributed by atoms with Gasteiger partial charge in [-0.15, -0.1) is 0 Å². The van der Waals surface area contributed by atoms with E-state index in [9.17, 15) is 9.90 Å². The Morgan fingerprint density at radius 3 is 2.33 bits per heavy atom. The minimum absolute atomic E-state index is 0.209. The Hall–Kier alpha value is -0.570. The molecule has 1 aliphatic carbocycles. The molecule has 0 aromatic carbocycles. The molecule has 2 atom stereocenters. The van der Waals surface area contributed by atoms with Crippen molar-refractivity contribution in [3.8, 4) is 0 Å². The largest absolute Gasteiger partial charge is 0.469 e. The van der Waals surface area contributed by atoms with E-state index < -0.39 is 11.5 Å². The molecular formula is C12H22O3. The average molecular weight is 214 g/mol. The fraction of sp³-hybridized carbons (Fsp3) is 0.917. The quantitative estimate of drug-likeness (QED) is 0.716. The van der Waals surface area contributed by atoms with E-state index in [1.165, 1.54) is 7.11 Å². The van der Waals surface area contributed by atoms with E-state index in [-0.39, 0.29) is 11.4 Å². The van der Waals surface area contributed by atoms with Gasteiger partial charge < -0.3 is 9.84 Å². The second-order valence-electron chi connectivity index (χ2n) is 5.26. The monoisotopic (exact) mass is 214 g/mol. The number of carbonyl (C=O) groups excluding carboxylic acids is 1. The van der Waals surface area contributed by atoms with Gasteiger partial charge in [0.05, 0.1) is 18.6 Å². The lowest BCUT2D eigenvalue weighted by Crippen LogP contribution is -2.54. The smallest absolute Gasteiger partial charge is 0.311 e. The molecule has 88 valence electrons. The van der Waals surface area contributed by atoms with Crippen molar-refractivity contribution in [1.29, 1.82) is 0 Å². The maximum atomic E-state index is 11.5. The van der Waals surface area contributed by atoms with Crippen molar-refractivity contribution in [2.45, 2.75) is 52.1 Å². The van der Waals surface area contributed by atoms with Gasteiger partial charge in [0.15, 0.2) is 0 Å². The van der Waals surface area contributed by atoms with Gasteiger partial charge in [0, 0.05) is 0 Å². The molecule has 0 radical (unpaired) electrons. The van der Waals surface area contributed by atoms with Crippen LogP contribution in [0.25, 0.3) is 0 Å². The molecule has 1 saturated carbocycles. The molecule has 0 amide bonds. The maximum Gasteiger partial charge on any atom is 0.311 e. The van der Waals surface area contributed by atoms with Crippen LogP contribution in [0.15, 0.2) is 0 Å². The zero-order valence-corrected chi connectivity index (χ0v) is 10.2. The maximum absolute atomic E-state index is 11.5. The highest BCUT2D eigenvalue weighted by Gasteiger charge is 2.51. The predicted octanol–water partition coefficient (Wildman–Crippen LogP) is 2.13. The number of methoxy groups -OCH3 is 1. The first-order valence-electron chi connectivity index (χ1n) is 5.65. The highest BCUT2D eigenvalue weighted by molar-refractivity contribution is 5.73. The summed E-state index contributed by atoms with van der Waals surface area (Å²) in [5, 5.41) is 10.7. The lowest BCUT2D eigenvalue weighted by molar-refractivity contribution is -0.174. The summed E-state index contributed by atoms with van der Waals surface area (Å²) >= 11 is 0. The van der Waals surface area contributed by atoms with E-state index in [1.807, 2.05) is 13.8 Å². The van der Waals surface area contributed by atoms with Crippen molar-refractivity contribution in [2.24, 2.45) is 11.3 Å². The molecule has 0 heterocycles. The number of aliphatic hydroxyl groups is 1. The van der Waals surface area contributed by atoms with Crippen molar-refractivity contribution in [3.63, 3.8) is 0 Å². The van der Waals surface area contributed by atoms with Gasteiger partial charge in [-0.3, -0.25) is 4.79 Å². The van der Waals surface area contributed by atoms with Crippen molar-refractivity contribution >= 4 is 5.97 Å². The highest BCUT2D eigenvalue weighted by atomic mass is 16.5. The van der Waals surface area contributed by atoms with Crippen LogP contribution in [0, 0.1) is 11.3 Å². The molecule has 0 spiro atoms. The lowest BCUT2D eigenvalue weighted by atomic mass is 9.60. The van der Waals surface area contributed by atoms with Crippen molar-refractivity contribution in [1.82, 2.24) is 0 Å². The number of carbonyl (C=O) groups is 1. The van der Waals surface area contributed by atoms with Gasteiger partial charge in [-0.1, -0.05) is 26.7 Å². The normalized spacial score (nSPS) is 32.1. The molecular weight excluding hydrogens is 192 g/mol. The number of esters is 1. The van der Waals surface area contributed by atoms with E-state index >= 15 is 0 Å². The molecule has 1 N–H and O–H groups in total. The first-order chi connectivity index (χ1) is 6.85. The third-order valence-corrected chi connectivity index (χ3v) is 4.05. The first kappa shape index (κ1) is 12.5. The molecule has 0 aromatic rings. The third kappa shape index (κ3) is 2.03. The number of rotatable bonds is 2. The summed E-state index contributed by atoms with van der Waals surface area (Å²) in [6.45, 7) is 5.83. The topological polar surface area (TPSA) is 46.5 Å². The van der Waals surface area contributed by atoms with Gasteiger partial charge in [0.1, 0.15) is 0 Å². The van der Waals surface area contributed by atoms with Gasteiger partial charge in [0.2, 0.25) is 0 Å². The van der Waals surface area contributed by atoms with E-state index in [2.05, 4.69) is 0 Å². The van der Waals surface area contributed by atoms with Crippen LogP contribution in [0.2, 0.25) is 0 Å². The highest BCUT2D eigenvalue weighted by Crippen LogP contribution is 2.48. The number of ether oxygens (including phenoxy) is 1. The summed E-state index contributed by atoms with van der Waals surface area (Å²) in [6, 6.07) is 0. The fourth-order valence-electron chi connectivity index (χ4n) is 2.69. The van der Waals surface area contributed by atoms with Crippen LogP contribution in [0.1, 0.15) is 46.5 Å². The minimum Gasteiger partial charge on any atom is -0.469 e.